The summed E-state index contributed by atoms with van der Waals surface area (Å²) >= 11 is 11.4. The van der Waals surface area contributed by atoms with Crippen molar-refractivity contribution < 1.29 is 13.2 Å². The lowest BCUT2D eigenvalue weighted by Gasteiger charge is -2.09. The molecule has 0 radical (unpaired) electrons. The van der Waals surface area contributed by atoms with Gasteiger partial charge in [0.2, 0.25) is 0 Å². The smallest absolute Gasteiger partial charge is 0.243 e. The van der Waals surface area contributed by atoms with Crippen molar-refractivity contribution in [3.63, 3.8) is 0 Å². The molecule has 2 aromatic rings. The van der Waals surface area contributed by atoms with E-state index in [2.05, 4.69) is 4.98 Å². The van der Waals surface area contributed by atoms with Crippen LogP contribution >= 0.6 is 23.2 Å². The Labute approximate surface area is 105 Å². The summed E-state index contributed by atoms with van der Waals surface area (Å²) in [5.74, 6) is 0.214. The Morgan fingerprint density at radius 2 is 1.88 bits per heavy atom. The zero-order chi connectivity index (χ0) is 12.6. The van der Waals surface area contributed by atoms with Crippen molar-refractivity contribution in [3.8, 4) is 0 Å². The second-order valence-corrected chi connectivity index (χ2v) is 4.15. The lowest BCUT2D eigenvalue weighted by atomic mass is 10.1. The number of aromatic nitrogens is 1. The van der Waals surface area contributed by atoms with Crippen LogP contribution in [0.3, 0.4) is 0 Å². The van der Waals surface area contributed by atoms with Crippen LogP contribution in [0.4, 0.5) is 13.2 Å². The van der Waals surface area contributed by atoms with Gasteiger partial charge in [-0.25, -0.2) is 4.98 Å². The number of benzene rings is 1. The Bertz CT molecular complexity index is 566. The maximum Gasteiger partial charge on any atom is 0.433 e. The summed E-state index contributed by atoms with van der Waals surface area (Å²) in [5.41, 5.74) is -0.105. The molecule has 90 valence electrons. The first-order chi connectivity index (χ1) is 7.91. The Morgan fingerprint density at radius 1 is 1.18 bits per heavy atom. The van der Waals surface area contributed by atoms with Gasteiger partial charge in [0.1, 0.15) is 5.69 Å². The Kier molecular flexibility index (Phi) is 3.19. The van der Waals surface area contributed by atoms with Crippen LogP contribution < -0.4 is 0 Å². The molecule has 1 nitrogen and oxygen atoms in total. The van der Waals surface area contributed by atoms with Crippen LogP contribution in [0.5, 0.6) is 0 Å². The Hall–Kier alpha value is -1.00. The molecule has 6 heteroatoms. The highest BCUT2D eigenvalue weighted by Crippen LogP contribution is 2.33. The fourth-order valence-electron chi connectivity index (χ4n) is 1.46. The van der Waals surface area contributed by atoms with Gasteiger partial charge in [0.15, 0.2) is 0 Å². The van der Waals surface area contributed by atoms with Crippen molar-refractivity contribution in [2.75, 3.05) is 0 Å². The van der Waals surface area contributed by atoms with Gasteiger partial charge in [-0.3, -0.25) is 0 Å². The summed E-state index contributed by atoms with van der Waals surface area (Å²) in [7, 11) is 0. The van der Waals surface area contributed by atoms with Gasteiger partial charge in [-0.1, -0.05) is 23.7 Å². The van der Waals surface area contributed by atoms with Crippen LogP contribution in [-0.4, -0.2) is 4.98 Å². The van der Waals surface area contributed by atoms with Gasteiger partial charge >= 0.3 is 6.18 Å². The van der Waals surface area contributed by atoms with E-state index in [4.69, 9.17) is 23.2 Å². The SMILES string of the molecule is FC(F)(F)c1cc(Cl)c2ccc(CCl)cc2n1. The molecule has 0 aliphatic heterocycles. The normalized spacial score (nSPS) is 12.1. The maximum absolute atomic E-state index is 12.5. The number of fused-ring (bicyclic) bond motifs is 1. The number of halogens is 5. The van der Waals surface area contributed by atoms with Gasteiger partial charge < -0.3 is 0 Å². The molecule has 0 amide bonds. The second kappa shape index (κ2) is 4.35. The summed E-state index contributed by atoms with van der Waals surface area (Å²) in [5, 5.41) is 0.511. The van der Waals surface area contributed by atoms with E-state index in [-0.39, 0.29) is 16.4 Å². The molecule has 1 heterocycles. The van der Waals surface area contributed by atoms with Crippen LogP contribution in [0.1, 0.15) is 11.3 Å². The van der Waals surface area contributed by atoms with Gasteiger partial charge in [-0.2, -0.15) is 13.2 Å². The van der Waals surface area contributed by atoms with E-state index in [1.807, 2.05) is 0 Å². The average Bonchev–Trinajstić information content (AvgIpc) is 2.27. The largest absolute Gasteiger partial charge is 0.433 e. The summed E-state index contributed by atoms with van der Waals surface area (Å²) in [4.78, 5) is 3.55. The van der Waals surface area contributed by atoms with Crippen molar-refractivity contribution in [1.82, 2.24) is 4.98 Å². The van der Waals surface area contributed by atoms with Gasteiger partial charge in [0.25, 0.3) is 0 Å². The highest BCUT2D eigenvalue weighted by molar-refractivity contribution is 6.35. The quantitative estimate of drug-likeness (QED) is 0.693. The van der Waals surface area contributed by atoms with Gasteiger partial charge in [-0.15, -0.1) is 11.6 Å². The molecule has 0 saturated carbocycles. The maximum atomic E-state index is 12.5. The topological polar surface area (TPSA) is 12.9 Å². The molecule has 1 aromatic heterocycles. The molecular formula is C11H6Cl2F3N. The van der Waals surface area contributed by atoms with Crippen LogP contribution in [0, 0.1) is 0 Å². The number of alkyl halides is 4. The molecule has 0 bridgehead atoms. The Balaban J connectivity index is 2.70. The summed E-state index contributed by atoms with van der Waals surface area (Å²) in [6, 6.07) is 5.65. The van der Waals surface area contributed by atoms with E-state index in [9.17, 15) is 13.2 Å². The van der Waals surface area contributed by atoms with E-state index < -0.39 is 11.9 Å². The highest BCUT2D eigenvalue weighted by Gasteiger charge is 2.33. The molecule has 17 heavy (non-hydrogen) atoms. The number of hydrogen-bond donors (Lipinski definition) is 0. The lowest BCUT2D eigenvalue weighted by molar-refractivity contribution is -0.140. The number of rotatable bonds is 1. The summed E-state index contributed by atoms with van der Waals surface area (Å²) < 4.78 is 37.6. The predicted molar refractivity (Wildman–Crippen MR) is 61.3 cm³/mol. The van der Waals surface area contributed by atoms with Crippen LogP contribution in [0.15, 0.2) is 24.3 Å². The first kappa shape index (κ1) is 12.5. The molecule has 0 unspecified atom stereocenters. The molecule has 0 aliphatic rings. The average molecular weight is 280 g/mol. The van der Waals surface area contributed by atoms with Crippen molar-refractivity contribution in [1.29, 1.82) is 0 Å². The van der Waals surface area contributed by atoms with Crippen LogP contribution in [-0.2, 0) is 12.1 Å². The third-order valence-corrected chi connectivity index (χ3v) is 2.89. The molecule has 0 N–H and O–H groups in total. The van der Waals surface area contributed by atoms with E-state index in [0.717, 1.165) is 6.07 Å². The first-order valence-electron chi connectivity index (χ1n) is 4.64. The number of hydrogen-bond acceptors (Lipinski definition) is 1. The summed E-state index contributed by atoms with van der Waals surface area (Å²) in [6.07, 6.45) is -4.51. The van der Waals surface area contributed by atoms with Gasteiger partial charge in [0.05, 0.1) is 10.5 Å². The van der Waals surface area contributed by atoms with Crippen molar-refractivity contribution in [3.05, 3.63) is 40.5 Å². The predicted octanol–water partition coefficient (Wildman–Crippen LogP) is 4.65. The molecule has 0 saturated heterocycles. The third kappa shape index (κ3) is 2.48. The standard InChI is InChI=1S/C11H6Cl2F3N/c12-5-6-1-2-7-8(13)4-10(11(14,15)16)17-9(7)3-6/h1-4H,5H2. The first-order valence-corrected chi connectivity index (χ1v) is 5.55. The van der Waals surface area contributed by atoms with Crippen LogP contribution in [0.2, 0.25) is 5.02 Å². The van der Waals surface area contributed by atoms with E-state index in [1.165, 1.54) is 6.07 Å². The monoisotopic (exact) mass is 279 g/mol. The number of pyridine rings is 1. The molecule has 0 aliphatic carbocycles. The molecule has 0 atom stereocenters. The lowest BCUT2D eigenvalue weighted by Crippen LogP contribution is -2.08. The van der Waals surface area contributed by atoms with E-state index in [0.29, 0.717) is 10.9 Å². The zero-order valence-electron chi connectivity index (χ0n) is 8.35. The second-order valence-electron chi connectivity index (χ2n) is 3.47. The minimum atomic E-state index is -4.51. The Morgan fingerprint density at radius 3 is 2.47 bits per heavy atom. The molecule has 0 fully saturated rings. The fraction of sp³-hybridized carbons (Fsp3) is 0.182. The van der Waals surface area contributed by atoms with Gasteiger partial charge in [0, 0.05) is 11.3 Å². The zero-order valence-corrected chi connectivity index (χ0v) is 9.87. The van der Waals surface area contributed by atoms with E-state index >= 15 is 0 Å². The molecule has 0 spiro atoms. The van der Waals surface area contributed by atoms with Gasteiger partial charge in [-0.05, 0) is 17.7 Å². The number of nitrogens with zero attached hydrogens (tertiary/aromatic N) is 1. The molecule has 2 rings (SSSR count). The van der Waals surface area contributed by atoms with Crippen molar-refractivity contribution >= 4 is 34.1 Å². The van der Waals surface area contributed by atoms with Crippen molar-refractivity contribution in [2.24, 2.45) is 0 Å². The highest BCUT2D eigenvalue weighted by atomic mass is 35.5. The minimum absolute atomic E-state index is 0.0310. The van der Waals surface area contributed by atoms with Crippen molar-refractivity contribution in [2.45, 2.75) is 12.1 Å². The van der Waals surface area contributed by atoms with Crippen LogP contribution in [0.25, 0.3) is 10.9 Å². The minimum Gasteiger partial charge on any atom is -0.243 e. The summed E-state index contributed by atoms with van der Waals surface area (Å²) in [6.45, 7) is 0. The van der Waals surface area contributed by atoms with E-state index in [1.54, 1.807) is 12.1 Å². The molecular weight excluding hydrogens is 274 g/mol. The third-order valence-electron chi connectivity index (χ3n) is 2.27. The molecule has 1 aromatic carbocycles. The fourth-order valence-corrected chi connectivity index (χ4v) is 1.89.